The molecule has 0 bridgehead atoms. The number of nitrogens with zero attached hydrogens (tertiary/aromatic N) is 2. The molecule has 0 saturated heterocycles. The maximum Gasteiger partial charge on any atom is 0.406 e. The average molecular weight is 524 g/mol. The second-order valence-electron chi connectivity index (χ2n) is 7.86. The molecule has 0 unspecified atom stereocenters. The van der Waals surface area contributed by atoms with Gasteiger partial charge in [-0.15, -0.1) is 0 Å². The van der Waals surface area contributed by atoms with Crippen molar-refractivity contribution < 1.29 is 23.5 Å². The molecule has 37 heavy (non-hydrogen) atoms. The molecule has 2 amide bonds. The van der Waals surface area contributed by atoms with Crippen LogP contribution in [0.2, 0.25) is 5.02 Å². The van der Waals surface area contributed by atoms with E-state index in [4.69, 9.17) is 16.3 Å². The summed E-state index contributed by atoms with van der Waals surface area (Å²) >= 11 is 6.41. The van der Waals surface area contributed by atoms with Gasteiger partial charge in [0.05, 0.1) is 17.6 Å². The molecule has 0 aliphatic heterocycles. The van der Waals surface area contributed by atoms with Crippen molar-refractivity contribution in [3.05, 3.63) is 83.4 Å². The van der Waals surface area contributed by atoms with Crippen molar-refractivity contribution in [3.63, 3.8) is 0 Å². The second kappa shape index (κ2) is 12.0. The highest BCUT2D eigenvalue weighted by Gasteiger charge is 2.10. The molecule has 0 atom stereocenters. The zero-order valence-corrected chi connectivity index (χ0v) is 20.5. The molecular weight excluding hydrogens is 501 g/mol. The zero-order chi connectivity index (χ0) is 26.2. The Hall–Kier alpha value is -4.44. The zero-order valence-electron chi connectivity index (χ0n) is 19.8. The van der Waals surface area contributed by atoms with Crippen molar-refractivity contribution in [1.82, 2.24) is 15.3 Å². The summed E-state index contributed by atoms with van der Waals surface area (Å²) in [5.74, 6) is 0.360. The van der Waals surface area contributed by atoms with Gasteiger partial charge in [0.25, 0.3) is 0 Å². The van der Waals surface area contributed by atoms with Crippen molar-refractivity contribution in [1.29, 1.82) is 0 Å². The standard InChI is InChI=1S/C26H23ClFN5O4/c1-36-26(35)29-10-9-24(34)32-18-5-7-22-20(12-18)25(31-15-30-22)33-19-6-8-23(21(27)13-19)37-14-16-3-2-4-17(28)11-16/h2-8,11-13,15H,9-10,14H2,1H3,(H,29,35)(H,32,34)(H,30,31,33). The van der Waals surface area contributed by atoms with Crippen molar-refractivity contribution in [2.45, 2.75) is 13.0 Å². The Bertz CT molecular complexity index is 1440. The van der Waals surface area contributed by atoms with E-state index in [0.717, 1.165) is 0 Å². The molecule has 0 fully saturated rings. The van der Waals surface area contributed by atoms with Crippen LogP contribution in [0.1, 0.15) is 12.0 Å². The third-order valence-electron chi connectivity index (χ3n) is 5.20. The van der Waals surface area contributed by atoms with Crippen molar-refractivity contribution in [2.24, 2.45) is 0 Å². The molecule has 3 aromatic carbocycles. The summed E-state index contributed by atoms with van der Waals surface area (Å²) in [6.07, 6.45) is 0.910. The largest absolute Gasteiger partial charge is 0.487 e. The molecule has 11 heteroatoms. The normalized spacial score (nSPS) is 10.6. The number of amides is 2. The number of benzene rings is 3. The fraction of sp³-hybridized carbons (Fsp3) is 0.154. The number of hydrogen-bond donors (Lipinski definition) is 3. The topological polar surface area (TPSA) is 114 Å². The highest BCUT2D eigenvalue weighted by molar-refractivity contribution is 6.32. The molecule has 4 aromatic rings. The molecule has 1 heterocycles. The monoisotopic (exact) mass is 523 g/mol. The number of carbonyl (C=O) groups is 2. The number of nitrogens with one attached hydrogen (secondary N) is 3. The van der Waals surface area contributed by atoms with Crippen LogP contribution in [0.3, 0.4) is 0 Å². The van der Waals surface area contributed by atoms with Gasteiger partial charge >= 0.3 is 6.09 Å². The summed E-state index contributed by atoms with van der Waals surface area (Å²) in [6, 6.07) is 16.6. The third-order valence-corrected chi connectivity index (χ3v) is 5.50. The van der Waals surface area contributed by atoms with Crippen LogP contribution in [0, 0.1) is 5.82 Å². The van der Waals surface area contributed by atoms with Crippen LogP contribution in [0.25, 0.3) is 10.9 Å². The first kappa shape index (κ1) is 25.6. The molecule has 0 saturated carbocycles. The van der Waals surface area contributed by atoms with Crippen LogP contribution in [-0.2, 0) is 16.1 Å². The van der Waals surface area contributed by atoms with Gasteiger partial charge in [-0.1, -0.05) is 23.7 Å². The van der Waals surface area contributed by atoms with Gasteiger partial charge in [0.1, 0.15) is 30.3 Å². The number of methoxy groups -OCH3 is 1. The van der Waals surface area contributed by atoms with E-state index in [9.17, 15) is 14.0 Å². The molecule has 190 valence electrons. The predicted molar refractivity (Wildman–Crippen MR) is 139 cm³/mol. The highest BCUT2D eigenvalue weighted by atomic mass is 35.5. The van der Waals surface area contributed by atoms with Crippen LogP contribution in [0.5, 0.6) is 5.75 Å². The lowest BCUT2D eigenvalue weighted by Gasteiger charge is -2.13. The van der Waals surface area contributed by atoms with E-state index in [-0.39, 0.29) is 31.3 Å². The number of ether oxygens (including phenoxy) is 2. The van der Waals surface area contributed by atoms with Crippen LogP contribution in [-0.4, -0.2) is 35.6 Å². The first-order chi connectivity index (χ1) is 17.9. The van der Waals surface area contributed by atoms with Crippen molar-refractivity contribution in [3.8, 4) is 5.75 Å². The molecule has 3 N–H and O–H groups in total. The van der Waals surface area contributed by atoms with E-state index in [0.29, 0.717) is 44.4 Å². The van der Waals surface area contributed by atoms with Gasteiger partial charge in [0.2, 0.25) is 5.91 Å². The summed E-state index contributed by atoms with van der Waals surface area (Å²) in [5.41, 5.74) is 2.57. The molecule has 0 aliphatic carbocycles. The SMILES string of the molecule is COC(=O)NCCC(=O)Nc1ccc2ncnc(Nc3ccc(OCc4cccc(F)c4)c(Cl)c3)c2c1. The number of carbonyl (C=O) groups excluding carboxylic acids is 2. The second-order valence-corrected chi connectivity index (χ2v) is 8.27. The number of hydrogen-bond acceptors (Lipinski definition) is 7. The minimum Gasteiger partial charge on any atom is -0.487 e. The van der Waals surface area contributed by atoms with Gasteiger partial charge in [-0.25, -0.2) is 19.2 Å². The molecule has 1 aromatic heterocycles. The van der Waals surface area contributed by atoms with E-state index in [1.807, 2.05) is 0 Å². The van der Waals surface area contributed by atoms with Crippen LogP contribution in [0.4, 0.5) is 26.4 Å². The number of aromatic nitrogens is 2. The Morgan fingerprint density at radius 1 is 1.03 bits per heavy atom. The quantitative estimate of drug-likeness (QED) is 0.268. The molecule has 0 radical (unpaired) electrons. The summed E-state index contributed by atoms with van der Waals surface area (Å²) in [5, 5.41) is 9.50. The number of alkyl carbamates (subject to hydrolysis) is 1. The molecule has 9 nitrogen and oxygen atoms in total. The summed E-state index contributed by atoms with van der Waals surface area (Å²) < 4.78 is 23.6. The Kier molecular flexibility index (Phi) is 8.32. The maximum atomic E-state index is 13.4. The Morgan fingerprint density at radius 2 is 1.86 bits per heavy atom. The summed E-state index contributed by atoms with van der Waals surface area (Å²) in [4.78, 5) is 31.9. The van der Waals surface area contributed by atoms with E-state index >= 15 is 0 Å². The fourth-order valence-corrected chi connectivity index (χ4v) is 3.66. The third kappa shape index (κ3) is 7.05. The van der Waals surface area contributed by atoms with E-state index in [2.05, 4.69) is 30.7 Å². The minimum absolute atomic E-state index is 0.0790. The van der Waals surface area contributed by atoms with E-state index in [1.54, 1.807) is 48.5 Å². The number of halogens is 2. The highest BCUT2D eigenvalue weighted by Crippen LogP contribution is 2.31. The lowest BCUT2D eigenvalue weighted by Crippen LogP contribution is -2.27. The lowest BCUT2D eigenvalue weighted by molar-refractivity contribution is -0.116. The van der Waals surface area contributed by atoms with Gasteiger partial charge in [-0.2, -0.15) is 0 Å². The van der Waals surface area contributed by atoms with E-state index in [1.165, 1.54) is 25.6 Å². The van der Waals surface area contributed by atoms with Crippen molar-refractivity contribution in [2.75, 3.05) is 24.3 Å². The average Bonchev–Trinajstić information content (AvgIpc) is 2.88. The summed E-state index contributed by atoms with van der Waals surface area (Å²) in [6.45, 7) is 0.318. The van der Waals surface area contributed by atoms with Gasteiger partial charge in [0, 0.05) is 29.7 Å². The van der Waals surface area contributed by atoms with Crippen LogP contribution in [0.15, 0.2) is 67.0 Å². The first-order valence-electron chi connectivity index (χ1n) is 11.2. The molecule has 4 rings (SSSR count). The van der Waals surface area contributed by atoms with Crippen molar-refractivity contribution >= 4 is 51.7 Å². The van der Waals surface area contributed by atoms with Crippen LogP contribution >= 0.6 is 11.6 Å². The Labute approximate surface area is 217 Å². The minimum atomic E-state index is -0.599. The fourth-order valence-electron chi connectivity index (χ4n) is 3.43. The lowest BCUT2D eigenvalue weighted by atomic mass is 10.2. The Morgan fingerprint density at radius 3 is 2.65 bits per heavy atom. The molecular formula is C26H23ClFN5O4. The van der Waals surface area contributed by atoms with Crippen LogP contribution < -0.4 is 20.7 Å². The molecule has 0 spiro atoms. The Balaban J connectivity index is 1.44. The summed E-state index contributed by atoms with van der Waals surface area (Å²) in [7, 11) is 1.25. The van der Waals surface area contributed by atoms with Gasteiger partial charge < -0.3 is 25.4 Å². The number of anilines is 3. The van der Waals surface area contributed by atoms with Gasteiger partial charge in [-0.05, 0) is 54.1 Å². The predicted octanol–water partition coefficient (Wildman–Crippen LogP) is 5.43. The number of rotatable bonds is 9. The van der Waals surface area contributed by atoms with Gasteiger partial charge in [0.15, 0.2) is 0 Å². The van der Waals surface area contributed by atoms with E-state index < -0.39 is 6.09 Å². The first-order valence-corrected chi connectivity index (χ1v) is 11.6. The number of fused-ring (bicyclic) bond motifs is 1. The maximum absolute atomic E-state index is 13.4. The van der Waals surface area contributed by atoms with Gasteiger partial charge in [-0.3, -0.25) is 4.79 Å². The smallest absolute Gasteiger partial charge is 0.406 e. The molecule has 0 aliphatic rings.